The maximum Gasteiger partial charge on any atom is 0.262 e. The number of nitrogens with one attached hydrogen (secondary N) is 1. The van der Waals surface area contributed by atoms with Crippen LogP contribution < -0.4 is 16.6 Å². The van der Waals surface area contributed by atoms with Crippen molar-refractivity contribution < 1.29 is 14.3 Å². The molecule has 0 amide bonds. The zero-order chi connectivity index (χ0) is 28.2. The highest BCUT2D eigenvalue weighted by Gasteiger charge is 2.35. The van der Waals surface area contributed by atoms with E-state index in [1.165, 1.54) is 36.8 Å². The van der Waals surface area contributed by atoms with E-state index in [-0.39, 0.29) is 28.9 Å². The zero-order valence-electron chi connectivity index (χ0n) is 23.2. The van der Waals surface area contributed by atoms with E-state index >= 15 is 0 Å². The van der Waals surface area contributed by atoms with Crippen molar-refractivity contribution >= 4 is 29.0 Å². The van der Waals surface area contributed by atoms with Gasteiger partial charge in [0, 0.05) is 26.3 Å². The number of nitrogens with two attached hydrogens (primary N) is 1. The van der Waals surface area contributed by atoms with Crippen LogP contribution in [-0.2, 0) is 18.4 Å². The fourth-order valence-electron chi connectivity index (χ4n) is 4.15. The van der Waals surface area contributed by atoms with Gasteiger partial charge in [0.05, 0.1) is 23.0 Å². The number of carbonyl (C=O) groups excluding carboxylic acids is 1. The number of carbonyl (C=O) groups is 1. The third-order valence-electron chi connectivity index (χ3n) is 6.60. The van der Waals surface area contributed by atoms with E-state index in [1.807, 2.05) is 32.9 Å². The summed E-state index contributed by atoms with van der Waals surface area (Å²) in [6.45, 7) is 10.5. The first-order valence-corrected chi connectivity index (χ1v) is 12.7. The molecule has 0 spiro atoms. The summed E-state index contributed by atoms with van der Waals surface area (Å²) in [7, 11) is 2.71. The molecule has 1 aromatic heterocycles. The van der Waals surface area contributed by atoms with Crippen LogP contribution in [-0.4, -0.2) is 40.4 Å². The van der Waals surface area contributed by atoms with Crippen molar-refractivity contribution in [3.05, 3.63) is 57.2 Å². The SMILES string of the molecule is C/C=C(F)\C=C(\C=O)C(N)=NCc1cc(C)cc2c(=O)n(C)c(NCC3(CC)CCC3)nc12.CC.CO. The normalized spacial score (nSPS) is 15.1. The van der Waals surface area contributed by atoms with Crippen molar-refractivity contribution in [1.29, 1.82) is 0 Å². The van der Waals surface area contributed by atoms with Crippen LogP contribution in [0.2, 0.25) is 0 Å². The van der Waals surface area contributed by atoms with Crippen LogP contribution in [0.1, 0.15) is 64.5 Å². The average Bonchev–Trinajstić information content (AvgIpc) is 2.90. The molecule has 0 bridgehead atoms. The molecule has 1 aliphatic carbocycles. The Balaban J connectivity index is 0.00000163. The summed E-state index contributed by atoms with van der Waals surface area (Å²) in [5.74, 6) is -0.139. The number of allylic oxidation sites excluding steroid dienone is 3. The van der Waals surface area contributed by atoms with Crippen LogP contribution in [0.3, 0.4) is 0 Å². The third kappa shape index (κ3) is 7.82. The van der Waals surface area contributed by atoms with Crippen molar-refractivity contribution in [3.63, 3.8) is 0 Å². The second-order valence-corrected chi connectivity index (χ2v) is 8.77. The predicted molar refractivity (Wildman–Crippen MR) is 151 cm³/mol. The minimum absolute atomic E-state index is 0.0425. The van der Waals surface area contributed by atoms with Crippen LogP contribution in [0.15, 0.2) is 45.5 Å². The van der Waals surface area contributed by atoms with Gasteiger partial charge in [0.2, 0.25) is 5.95 Å². The Bertz CT molecular complexity index is 1200. The summed E-state index contributed by atoms with van der Waals surface area (Å²) < 4.78 is 15.1. The van der Waals surface area contributed by atoms with Gasteiger partial charge in [-0.05, 0) is 56.2 Å². The Morgan fingerprint density at radius 2 is 1.97 bits per heavy atom. The van der Waals surface area contributed by atoms with Gasteiger partial charge in [0.1, 0.15) is 11.7 Å². The molecule has 1 fully saturated rings. The van der Waals surface area contributed by atoms with Gasteiger partial charge < -0.3 is 16.2 Å². The van der Waals surface area contributed by atoms with E-state index in [0.717, 1.165) is 31.7 Å². The third-order valence-corrected chi connectivity index (χ3v) is 6.60. The highest BCUT2D eigenvalue weighted by molar-refractivity contribution is 6.13. The number of benzene rings is 1. The smallest absolute Gasteiger partial charge is 0.262 e. The van der Waals surface area contributed by atoms with Crippen LogP contribution in [0, 0.1) is 12.3 Å². The van der Waals surface area contributed by atoms with Crippen LogP contribution in [0.25, 0.3) is 10.9 Å². The average molecular weight is 516 g/mol. The lowest BCUT2D eigenvalue weighted by molar-refractivity contribution is -0.104. The molecule has 0 saturated heterocycles. The topological polar surface area (TPSA) is 123 Å². The molecular weight excluding hydrogens is 473 g/mol. The molecule has 2 aromatic rings. The number of nitrogens with zero attached hydrogens (tertiary/aromatic N) is 3. The van der Waals surface area contributed by atoms with Crippen molar-refractivity contribution in [2.45, 2.75) is 66.8 Å². The zero-order valence-corrected chi connectivity index (χ0v) is 23.2. The number of rotatable bonds is 9. The molecule has 1 saturated carbocycles. The van der Waals surface area contributed by atoms with E-state index in [9.17, 15) is 14.0 Å². The lowest BCUT2D eigenvalue weighted by atomic mass is 9.67. The number of aldehydes is 1. The van der Waals surface area contributed by atoms with E-state index in [4.69, 9.17) is 15.8 Å². The molecule has 9 heteroatoms. The molecule has 0 atom stereocenters. The van der Waals surface area contributed by atoms with Crippen molar-refractivity contribution in [1.82, 2.24) is 9.55 Å². The van der Waals surface area contributed by atoms with Crippen LogP contribution in [0.5, 0.6) is 0 Å². The molecule has 1 heterocycles. The molecule has 1 aliphatic rings. The van der Waals surface area contributed by atoms with E-state index in [0.29, 0.717) is 28.7 Å². The minimum Gasteiger partial charge on any atom is -0.400 e. The first-order chi connectivity index (χ1) is 17.7. The number of hydrogen-bond acceptors (Lipinski definition) is 6. The van der Waals surface area contributed by atoms with Gasteiger partial charge in [0.25, 0.3) is 5.56 Å². The Hall–Kier alpha value is -3.33. The van der Waals surface area contributed by atoms with E-state index in [1.54, 1.807) is 7.05 Å². The van der Waals surface area contributed by atoms with Crippen molar-refractivity contribution in [3.8, 4) is 0 Å². The number of aromatic nitrogens is 2. The number of anilines is 1. The standard InChI is InChI=1S/C25H32FN5O2.C2H6.CH4O/c1-5-19(26)12-18(14-32)22(27)28-13-17-10-16(3)11-20-21(17)30-24(31(4)23(20)33)29-15-25(6-2)8-7-9-25;2*1-2/h5,10-12,14H,6-9,13,15H2,1-4H3,(H2,27,28)(H,29,30);1-2H3;2H,1H3/b18-12-,19-5+;;. The lowest BCUT2D eigenvalue weighted by Crippen LogP contribution is -2.37. The summed E-state index contributed by atoms with van der Waals surface area (Å²) in [5.41, 5.74) is 8.15. The van der Waals surface area contributed by atoms with Crippen molar-refractivity contribution in [2.75, 3.05) is 19.0 Å². The van der Waals surface area contributed by atoms with E-state index < -0.39 is 5.83 Å². The van der Waals surface area contributed by atoms with Gasteiger partial charge in [-0.15, -0.1) is 0 Å². The number of halogens is 1. The molecule has 3 rings (SSSR count). The number of aryl methyl sites for hydroxylation is 1. The number of aliphatic imine (C=N–C) groups is 1. The highest BCUT2D eigenvalue weighted by Crippen LogP contribution is 2.43. The summed E-state index contributed by atoms with van der Waals surface area (Å²) in [6.07, 6.45) is 7.41. The Morgan fingerprint density at radius 1 is 1.32 bits per heavy atom. The lowest BCUT2D eigenvalue weighted by Gasteiger charge is -2.41. The summed E-state index contributed by atoms with van der Waals surface area (Å²) in [4.78, 5) is 33.5. The first kappa shape index (κ1) is 31.7. The largest absolute Gasteiger partial charge is 0.400 e. The quantitative estimate of drug-likeness (QED) is 0.146. The molecular formula is C28H42FN5O3. The molecule has 1 aromatic carbocycles. The molecule has 0 aliphatic heterocycles. The molecule has 8 nitrogen and oxygen atoms in total. The van der Waals surface area contributed by atoms with Gasteiger partial charge in [-0.25, -0.2) is 9.37 Å². The van der Waals surface area contributed by atoms with Crippen LogP contribution >= 0.6 is 0 Å². The van der Waals surface area contributed by atoms with Crippen LogP contribution in [0.4, 0.5) is 10.3 Å². The van der Waals surface area contributed by atoms with Gasteiger partial charge in [-0.2, -0.15) is 0 Å². The maximum absolute atomic E-state index is 13.6. The number of aliphatic hydroxyl groups excluding tert-OH is 1. The monoisotopic (exact) mass is 515 g/mol. The molecule has 4 N–H and O–H groups in total. The highest BCUT2D eigenvalue weighted by atomic mass is 19.1. The van der Waals surface area contributed by atoms with Gasteiger partial charge in [-0.1, -0.05) is 39.3 Å². The second-order valence-electron chi connectivity index (χ2n) is 8.77. The second kappa shape index (κ2) is 15.0. The fraction of sp³-hybridized carbons (Fsp3) is 0.500. The number of aliphatic hydroxyl groups is 1. The van der Waals surface area contributed by atoms with E-state index in [2.05, 4.69) is 17.2 Å². The maximum atomic E-state index is 13.6. The molecule has 0 unspecified atom stereocenters. The predicted octanol–water partition coefficient (Wildman–Crippen LogP) is 4.72. The molecule has 204 valence electrons. The molecule has 0 radical (unpaired) electrons. The number of fused-ring (bicyclic) bond motifs is 1. The number of hydrogen-bond donors (Lipinski definition) is 3. The summed E-state index contributed by atoms with van der Waals surface area (Å²) >= 11 is 0. The number of amidine groups is 1. The van der Waals surface area contributed by atoms with Gasteiger partial charge in [0.15, 0.2) is 6.29 Å². The Labute approximate surface area is 219 Å². The van der Waals surface area contributed by atoms with Crippen molar-refractivity contribution in [2.24, 2.45) is 23.2 Å². The fourth-order valence-corrected chi connectivity index (χ4v) is 4.15. The Kier molecular flexibility index (Phi) is 12.9. The summed E-state index contributed by atoms with van der Waals surface area (Å²) in [5, 5.41) is 10.9. The molecule has 37 heavy (non-hydrogen) atoms. The summed E-state index contributed by atoms with van der Waals surface area (Å²) in [6, 6.07) is 3.70. The van der Waals surface area contributed by atoms with Gasteiger partial charge in [-0.3, -0.25) is 19.1 Å². The minimum atomic E-state index is -0.576. The van der Waals surface area contributed by atoms with Gasteiger partial charge >= 0.3 is 0 Å². The Morgan fingerprint density at radius 3 is 2.49 bits per heavy atom. The first-order valence-electron chi connectivity index (χ1n) is 12.7.